The van der Waals surface area contributed by atoms with Crippen LogP contribution in [0, 0.1) is 5.92 Å². The lowest BCUT2D eigenvalue weighted by atomic mass is 9.92. The number of rotatable bonds is 6. The number of nitrogens with zero attached hydrogens (tertiary/aromatic N) is 1. The van der Waals surface area contributed by atoms with Crippen molar-refractivity contribution in [2.75, 3.05) is 26.5 Å². The quantitative estimate of drug-likeness (QED) is 0.703. The Morgan fingerprint density at radius 2 is 1.96 bits per heavy atom. The van der Waals surface area contributed by atoms with Crippen LogP contribution in [0.25, 0.3) is 0 Å². The third kappa shape index (κ3) is 8.53. The SMILES string of the molecule is COC(=O)[C@@H](CC[C@H]1CCCN(C(=O)OC(C)(C)C)C1)NS(C)(=O)=O. The molecule has 1 aliphatic heterocycles. The zero-order valence-corrected chi connectivity index (χ0v) is 16.5. The topological polar surface area (TPSA) is 102 Å². The summed E-state index contributed by atoms with van der Waals surface area (Å²) in [7, 11) is -2.28. The van der Waals surface area contributed by atoms with Gasteiger partial charge in [-0.2, -0.15) is 0 Å². The second-order valence-corrected chi connectivity index (χ2v) is 9.26. The Hall–Kier alpha value is -1.35. The lowest BCUT2D eigenvalue weighted by Crippen LogP contribution is -2.44. The number of sulfonamides is 1. The summed E-state index contributed by atoms with van der Waals surface area (Å²) in [5, 5.41) is 0. The maximum absolute atomic E-state index is 12.2. The van der Waals surface area contributed by atoms with Crippen LogP contribution in [0.5, 0.6) is 0 Å². The van der Waals surface area contributed by atoms with E-state index in [1.165, 1.54) is 7.11 Å². The van der Waals surface area contributed by atoms with Crippen molar-refractivity contribution in [3.05, 3.63) is 0 Å². The molecule has 0 radical (unpaired) electrons. The molecule has 25 heavy (non-hydrogen) atoms. The molecule has 0 spiro atoms. The van der Waals surface area contributed by atoms with E-state index in [4.69, 9.17) is 4.74 Å². The lowest BCUT2D eigenvalue weighted by Gasteiger charge is -2.34. The monoisotopic (exact) mass is 378 g/mol. The molecular formula is C16H30N2O6S. The Balaban J connectivity index is 2.60. The molecule has 0 aromatic rings. The first-order valence-electron chi connectivity index (χ1n) is 8.44. The van der Waals surface area contributed by atoms with Crippen molar-refractivity contribution in [3.8, 4) is 0 Å². The number of carbonyl (C=O) groups excluding carboxylic acids is 2. The molecule has 0 bridgehead atoms. The average molecular weight is 378 g/mol. The van der Waals surface area contributed by atoms with Crippen molar-refractivity contribution >= 4 is 22.1 Å². The van der Waals surface area contributed by atoms with Gasteiger partial charge in [-0.25, -0.2) is 17.9 Å². The summed E-state index contributed by atoms with van der Waals surface area (Å²) in [6.45, 7) is 6.66. The maximum atomic E-state index is 12.2. The van der Waals surface area contributed by atoms with Crippen molar-refractivity contribution in [1.29, 1.82) is 0 Å². The molecule has 146 valence electrons. The Morgan fingerprint density at radius 3 is 2.48 bits per heavy atom. The minimum Gasteiger partial charge on any atom is -0.468 e. The zero-order valence-electron chi connectivity index (χ0n) is 15.7. The molecule has 0 aromatic carbocycles. The summed E-state index contributed by atoms with van der Waals surface area (Å²) in [6, 6.07) is -0.906. The van der Waals surface area contributed by atoms with E-state index in [9.17, 15) is 18.0 Å². The van der Waals surface area contributed by atoms with Crippen molar-refractivity contribution < 1.29 is 27.5 Å². The number of hydrogen-bond donors (Lipinski definition) is 1. The summed E-state index contributed by atoms with van der Waals surface area (Å²) in [5.41, 5.74) is -0.542. The van der Waals surface area contributed by atoms with E-state index in [1.807, 2.05) is 20.8 Å². The first-order valence-corrected chi connectivity index (χ1v) is 10.3. The second-order valence-electron chi connectivity index (χ2n) is 7.48. The fourth-order valence-electron chi connectivity index (χ4n) is 2.82. The Kier molecular flexibility index (Phi) is 7.67. The predicted molar refractivity (Wildman–Crippen MR) is 93.5 cm³/mol. The molecule has 0 aromatic heterocycles. The number of piperidine rings is 1. The molecule has 1 rings (SSSR count). The van der Waals surface area contributed by atoms with Crippen LogP contribution in [0.2, 0.25) is 0 Å². The minimum atomic E-state index is -3.51. The second kappa shape index (κ2) is 8.84. The molecule has 1 heterocycles. The van der Waals surface area contributed by atoms with Gasteiger partial charge in [-0.15, -0.1) is 0 Å². The Labute approximate surface area is 150 Å². The van der Waals surface area contributed by atoms with Gasteiger partial charge < -0.3 is 14.4 Å². The number of nitrogens with one attached hydrogen (secondary N) is 1. The molecule has 9 heteroatoms. The van der Waals surface area contributed by atoms with Gasteiger partial charge in [0.05, 0.1) is 13.4 Å². The van der Waals surface area contributed by atoms with Gasteiger partial charge in [0, 0.05) is 13.1 Å². The highest BCUT2D eigenvalue weighted by Crippen LogP contribution is 2.23. The predicted octanol–water partition coefficient (Wildman–Crippen LogP) is 1.50. The van der Waals surface area contributed by atoms with Crippen LogP contribution in [0.4, 0.5) is 4.79 Å². The van der Waals surface area contributed by atoms with Gasteiger partial charge in [0.2, 0.25) is 10.0 Å². The van der Waals surface area contributed by atoms with Gasteiger partial charge in [-0.05, 0) is 52.4 Å². The van der Waals surface area contributed by atoms with E-state index >= 15 is 0 Å². The number of ether oxygens (including phenoxy) is 2. The highest BCUT2D eigenvalue weighted by Gasteiger charge is 2.29. The number of methoxy groups -OCH3 is 1. The van der Waals surface area contributed by atoms with Gasteiger partial charge in [0.25, 0.3) is 0 Å². The van der Waals surface area contributed by atoms with Gasteiger partial charge in [0.1, 0.15) is 11.6 Å². The fourth-order valence-corrected chi connectivity index (χ4v) is 3.55. The van der Waals surface area contributed by atoms with Gasteiger partial charge in [-0.3, -0.25) is 4.79 Å². The first kappa shape index (κ1) is 21.7. The van der Waals surface area contributed by atoms with Crippen molar-refractivity contribution in [2.24, 2.45) is 5.92 Å². The summed E-state index contributed by atoms with van der Waals surface area (Å²) < 4.78 is 35.2. The van der Waals surface area contributed by atoms with Crippen molar-refractivity contribution in [1.82, 2.24) is 9.62 Å². The minimum absolute atomic E-state index is 0.190. The standard InChI is InChI=1S/C16H30N2O6S/c1-16(2,3)24-15(20)18-10-6-7-12(11-18)8-9-13(14(19)23-4)17-25(5,21)22/h12-13,17H,6-11H2,1-5H3/t12-,13-/m1/s1. The van der Waals surface area contributed by atoms with Crippen LogP contribution in [0.15, 0.2) is 0 Å². The zero-order chi connectivity index (χ0) is 19.3. The van der Waals surface area contributed by atoms with Gasteiger partial charge in [0.15, 0.2) is 0 Å². The van der Waals surface area contributed by atoms with Crippen LogP contribution in [-0.4, -0.2) is 63.5 Å². The highest BCUT2D eigenvalue weighted by molar-refractivity contribution is 7.88. The normalized spacial score (nSPS) is 20.0. The van der Waals surface area contributed by atoms with Crippen LogP contribution in [0.1, 0.15) is 46.5 Å². The molecule has 1 saturated heterocycles. The van der Waals surface area contributed by atoms with Crippen molar-refractivity contribution in [3.63, 3.8) is 0 Å². The molecule has 1 aliphatic rings. The third-order valence-corrected chi connectivity index (χ3v) is 4.59. The summed E-state index contributed by atoms with van der Waals surface area (Å²) in [5.74, 6) is -0.417. The van der Waals surface area contributed by atoms with E-state index in [-0.39, 0.29) is 12.0 Å². The van der Waals surface area contributed by atoms with Gasteiger partial charge in [-0.1, -0.05) is 0 Å². The first-order chi connectivity index (χ1) is 11.4. The van der Waals surface area contributed by atoms with Gasteiger partial charge >= 0.3 is 12.1 Å². The molecule has 0 aliphatic carbocycles. The molecule has 2 atom stereocenters. The van der Waals surface area contributed by atoms with E-state index in [2.05, 4.69) is 9.46 Å². The molecule has 0 unspecified atom stereocenters. The van der Waals surface area contributed by atoms with E-state index in [0.29, 0.717) is 25.9 Å². The summed E-state index contributed by atoms with van der Waals surface area (Å²) >= 11 is 0. The Morgan fingerprint density at radius 1 is 1.32 bits per heavy atom. The number of esters is 1. The van der Waals surface area contributed by atoms with E-state index < -0.39 is 27.6 Å². The average Bonchev–Trinajstić information content (AvgIpc) is 2.48. The molecular weight excluding hydrogens is 348 g/mol. The Bertz CT molecular complexity index is 570. The number of amides is 1. The smallest absolute Gasteiger partial charge is 0.410 e. The van der Waals surface area contributed by atoms with Crippen LogP contribution in [-0.2, 0) is 24.3 Å². The summed E-state index contributed by atoms with van der Waals surface area (Å²) in [6.07, 6.45) is 3.39. The molecule has 1 amide bonds. The number of hydrogen-bond acceptors (Lipinski definition) is 6. The van der Waals surface area contributed by atoms with Crippen LogP contribution < -0.4 is 4.72 Å². The number of likely N-dealkylation sites (tertiary alicyclic amines) is 1. The highest BCUT2D eigenvalue weighted by atomic mass is 32.2. The van der Waals surface area contributed by atoms with E-state index in [0.717, 1.165) is 19.1 Å². The van der Waals surface area contributed by atoms with Crippen LogP contribution in [0.3, 0.4) is 0 Å². The maximum Gasteiger partial charge on any atom is 0.410 e. The van der Waals surface area contributed by atoms with E-state index in [1.54, 1.807) is 4.90 Å². The molecule has 1 N–H and O–H groups in total. The fraction of sp³-hybridized carbons (Fsp3) is 0.875. The molecule has 0 saturated carbocycles. The molecule has 8 nitrogen and oxygen atoms in total. The third-order valence-electron chi connectivity index (χ3n) is 3.88. The van der Waals surface area contributed by atoms with Crippen molar-refractivity contribution in [2.45, 2.75) is 58.1 Å². The molecule has 1 fully saturated rings. The lowest BCUT2D eigenvalue weighted by molar-refractivity contribution is -0.142. The number of carbonyl (C=O) groups is 2. The van der Waals surface area contributed by atoms with Crippen LogP contribution >= 0.6 is 0 Å². The summed E-state index contributed by atoms with van der Waals surface area (Å²) in [4.78, 5) is 25.6. The largest absolute Gasteiger partial charge is 0.468 e.